The molecule has 0 aliphatic rings. The Labute approximate surface area is 159 Å². The maximum absolute atomic E-state index is 13.8. The van der Waals surface area contributed by atoms with Gasteiger partial charge in [0.05, 0.1) is 10.7 Å². The first-order valence-corrected chi connectivity index (χ1v) is 8.55. The van der Waals surface area contributed by atoms with Crippen LogP contribution in [0.3, 0.4) is 0 Å². The van der Waals surface area contributed by atoms with Crippen molar-refractivity contribution in [3.8, 4) is 5.69 Å². The summed E-state index contributed by atoms with van der Waals surface area (Å²) in [4.78, 5) is 17.9. The van der Waals surface area contributed by atoms with Crippen molar-refractivity contribution >= 4 is 29.1 Å². The number of carbonyl (C=O) groups excluding carboxylic acids is 1. The van der Waals surface area contributed by atoms with Crippen LogP contribution < -0.4 is 0 Å². The number of aromatic nitrogens is 2. The summed E-state index contributed by atoms with van der Waals surface area (Å²) in [5.74, 6) is -0.802. The number of carbonyl (C=O) groups is 1. The Kier molecular flexibility index (Phi) is 5.63. The normalized spacial score (nSPS) is 12.3. The van der Waals surface area contributed by atoms with Crippen molar-refractivity contribution in [1.29, 1.82) is 0 Å². The van der Waals surface area contributed by atoms with E-state index in [0.717, 1.165) is 10.9 Å². The number of alkyl halides is 3. The lowest BCUT2D eigenvalue weighted by atomic mass is 10.1. The Morgan fingerprint density at radius 3 is 2.35 bits per heavy atom. The van der Waals surface area contributed by atoms with Crippen LogP contribution in [0.4, 0.5) is 13.2 Å². The molecule has 0 radical (unpaired) electrons. The Hall–Kier alpha value is -1.73. The van der Waals surface area contributed by atoms with Gasteiger partial charge in [-0.2, -0.15) is 13.2 Å². The van der Waals surface area contributed by atoms with Gasteiger partial charge in [-0.1, -0.05) is 23.2 Å². The molecule has 0 atom stereocenters. The van der Waals surface area contributed by atoms with Crippen molar-refractivity contribution in [2.45, 2.75) is 39.4 Å². The SMILES string of the molecule is CCN(C(=O)c1ncn(-c2cc(Cl)ccc2Cl)c1C(F)(F)F)C(C)(C)C. The van der Waals surface area contributed by atoms with Gasteiger partial charge in [-0.3, -0.25) is 9.36 Å². The van der Waals surface area contributed by atoms with Crippen molar-refractivity contribution in [2.24, 2.45) is 0 Å². The van der Waals surface area contributed by atoms with E-state index in [1.807, 2.05) is 0 Å². The van der Waals surface area contributed by atoms with Crippen molar-refractivity contribution in [3.05, 3.63) is 46.0 Å². The molecule has 0 bridgehead atoms. The summed E-state index contributed by atoms with van der Waals surface area (Å²) in [7, 11) is 0. The molecule has 0 unspecified atom stereocenters. The number of nitrogens with zero attached hydrogens (tertiary/aromatic N) is 3. The van der Waals surface area contributed by atoms with E-state index < -0.39 is 29.0 Å². The lowest BCUT2D eigenvalue weighted by Crippen LogP contribution is -2.46. The predicted octanol–water partition coefficient (Wildman–Crippen LogP) is 5.46. The minimum atomic E-state index is -4.82. The molecule has 1 aromatic carbocycles. The topological polar surface area (TPSA) is 38.1 Å². The van der Waals surface area contributed by atoms with Crippen LogP contribution in [-0.4, -0.2) is 32.4 Å². The molecule has 0 aliphatic carbocycles. The lowest BCUT2D eigenvalue weighted by molar-refractivity contribution is -0.142. The van der Waals surface area contributed by atoms with Gasteiger partial charge < -0.3 is 4.90 Å². The quantitative estimate of drug-likeness (QED) is 0.677. The second-order valence-corrected chi connectivity index (χ2v) is 7.47. The van der Waals surface area contributed by atoms with Crippen molar-refractivity contribution in [1.82, 2.24) is 14.5 Å². The monoisotopic (exact) mass is 407 g/mol. The standard InChI is InChI=1S/C17H18Cl2F3N3O/c1-5-25(16(2,3)4)15(26)13-14(17(20,21)22)24(9-23-13)12-8-10(18)6-7-11(12)19/h6-9H,5H2,1-4H3. The van der Waals surface area contributed by atoms with Crippen LogP contribution in [0.15, 0.2) is 24.5 Å². The first-order valence-electron chi connectivity index (χ1n) is 7.79. The fraction of sp³-hybridized carbons (Fsp3) is 0.412. The molecular formula is C17H18Cl2F3N3O. The number of rotatable bonds is 3. The molecule has 1 aromatic heterocycles. The molecule has 142 valence electrons. The van der Waals surface area contributed by atoms with Gasteiger partial charge in [-0.15, -0.1) is 0 Å². The molecule has 0 fully saturated rings. The molecular weight excluding hydrogens is 390 g/mol. The zero-order valence-electron chi connectivity index (χ0n) is 14.7. The Morgan fingerprint density at radius 2 is 1.85 bits per heavy atom. The third kappa shape index (κ3) is 3.99. The predicted molar refractivity (Wildman–Crippen MR) is 95.0 cm³/mol. The highest BCUT2D eigenvalue weighted by Crippen LogP contribution is 2.36. The minimum absolute atomic E-state index is 0.00292. The molecule has 4 nitrogen and oxygen atoms in total. The smallest absolute Gasteiger partial charge is 0.333 e. The zero-order chi connectivity index (χ0) is 19.9. The molecule has 1 amide bonds. The van der Waals surface area contributed by atoms with Gasteiger partial charge >= 0.3 is 6.18 Å². The highest BCUT2D eigenvalue weighted by molar-refractivity contribution is 6.34. The average Bonchev–Trinajstić information content (AvgIpc) is 2.93. The van der Waals surface area contributed by atoms with E-state index in [0.29, 0.717) is 0 Å². The largest absolute Gasteiger partial charge is 0.434 e. The van der Waals surface area contributed by atoms with Crippen LogP contribution in [0.5, 0.6) is 0 Å². The molecule has 0 aliphatic heterocycles. The number of benzene rings is 1. The highest BCUT2D eigenvalue weighted by Gasteiger charge is 2.43. The molecule has 0 spiro atoms. The Balaban J connectivity index is 2.69. The van der Waals surface area contributed by atoms with Crippen LogP contribution in [0, 0.1) is 0 Å². The second kappa shape index (κ2) is 7.12. The van der Waals surface area contributed by atoms with Gasteiger partial charge in [0.1, 0.15) is 6.33 Å². The first-order chi connectivity index (χ1) is 11.9. The van der Waals surface area contributed by atoms with E-state index in [9.17, 15) is 18.0 Å². The average molecular weight is 408 g/mol. The number of halogens is 5. The van der Waals surface area contributed by atoms with E-state index in [2.05, 4.69) is 4.98 Å². The summed E-state index contributed by atoms with van der Waals surface area (Å²) in [6.45, 7) is 7.16. The molecule has 2 aromatic rings. The minimum Gasteiger partial charge on any atom is -0.333 e. The van der Waals surface area contributed by atoms with Crippen molar-refractivity contribution in [2.75, 3.05) is 6.54 Å². The fourth-order valence-corrected chi connectivity index (χ4v) is 3.05. The molecule has 2 rings (SSSR count). The number of hydrogen-bond acceptors (Lipinski definition) is 2. The zero-order valence-corrected chi connectivity index (χ0v) is 16.2. The first kappa shape index (κ1) is 20.6. The van der Waals surface area contributed by atoms with Crippen LogP contribution in [0.25, 0.3) is 5.69 Å². The van der Waals surface area contributed by atoms with E-state index in [1.165, 1.54) is 23.1 Å². The van der Waals surface area contributed by atoms with E-state index in [1.54, 1.807) is 27.7 Å². The lowest BCUT2D eigenvalue weighted by Gasteiger charge is -2.34. The molecule has 9 heteroatoms. The summed E-state index contributed by atoms with van der Waals surface area (Å²) in [5.41, 5.74) is -2.52. The molecule has 26 heavy (non-hydrogen) atoms. The summed E-state index contributed by atoms with van der Waals surface area (Å²) < 4.78 is 42.1. The Bertz CT molecular complexity index is 826. The number of imidazole rings is 1. The van der Waals surface area contributed by atoms with E-state index >= 15 is 0 Å². The van der Waals surface area contributed by atoms with Gasteiger partial charge in [0.2, 0.25) is 0 Å². The van der Waals surface area contributed by atoms with Crippen LogP contribution in [-0.2, 0) is 6.18 Å². The summed E-state index contributed by atoms with van der Waals surface area (Å²) in [5, 5.41) is 0.267. The summed E-state index contributed by atoms with van der Waals surface area (Å²) >= 11 is 11.9. The van der Waals surface area contributed by atoms with Crippen molar-refractivity contribution < 1.29 is 18.0 Å². The maximum Gasteiger partial charge on any atom is 0.434 e. The summed E-state index contributed by atoms with van der Waals surface area (Å²) in [6.07, 6.45) is -3.88. The van der Waals surface area contributed by atoms with Gasteiger partial charge in [0, 0.05) is 17.1 Å². The molecule has 1 heterocycles. The molecule has 0 saturated carbocycles. The van der Waals surface area contributed by atoms with Gasteiger partial charge in [0.15, 0.2) is 11.4 Å². The fourth-order valence-electron chi connectivity index (χ4n) is 2.68. The second-order valence-electron chi connectivity index (χ2n) is 6.63. The number of amides is 1. The van der Waals surface area contributed by atoms with Crippen LogP contribution >= 0.6 is 23.2 Å². The maximum atomic E-state index is 13.8. The van der Waals surface area contributed by atoms with Crippen molar-refractivity contribution in [3.63, 3.8) is 0 Å². The van der Waals surface area contributed by atoms with E-state index in [4.69, 9.17) is 23.2 Å². The number of hydrogen-bond donors (Lipinski definition) is 0. The van der Waals surface area contributed by atoms with Crippen LogP contribution in [0.1, 0.15) is 43.9 Å². The van der Waals surface area contributed by atoms with Crippen LogP contribution in [0.2, 0.25) is 10.0 Å². The molecule has 0 saturated heterocycles. The third-order valence-electron chi connectivity index (χ3n) is 3.78. The van der Waals surface area contributed by atoms with Gasteiger partial charge in [-0.25, -0.2) is 4.98 Å². The van der Waals surface area contributed by atoms with Gasteiger partial charge in [0.25, 0.3) is 5.91 Å². The summed E-state index contributed by atoms with van der Waals surface area (Å²) in [6, 6.07) is 4.13. The van der Waals surface area contributed by atoms with E-state index in [-0.39, 0.29) is 22.3 Å². The van der Waals surface area contributed by atoms with Gasteiger partial charge in [-0.05, 0) is 45.9 Å². The highest BCUT2D eigenvalue weighted by atomic mass is 35.5. The Morgan fingerprint density at radius 1 is 1.23 bits per heavy atom. The third-order valence-corrected chi connectivity index (χ3v) is 4.33. The molecule has 0 N–H and O–H groups in total.